The number of pyridine rings is 1. The van der Waals surface area contributed by atoms with E-state index in [1.54, 1.807) is 23.8 Å². The monoisotopic (exact) mass is 441 g/mol. The fourth-order valence-electron chi connectivity index (χ4n) is 4.89. The van der Waals surface area contributed by atoms with E-state index in [1.165, 1.54) is 0 Å². The van der Waals surface area contributed by atoms with Crippen molar-refractivity contribution in [2.75, 3.05) is 23.7 Å². The summed E-state index contributed by atoms with van der Waals surface area (Å²) in [4.78, 5) is 16.0. The fraction of sp³-hybridized carbons (Fsp3) is 0.524. The highest BCUT2D eigenvalue weighted by atomic mass is 32.2. The van der Waals surface area contributed by atoms with E-state index in [0.29, 0.717) is 19.6 Å². The SMILES string of the molecule is CCS(=O)(=O)N1CCCC(c2ncnc3c2CN(c2ccnc4[nH]ncc24)[C@H](C)C3)C1. The van der Waals surface area contributed by atoms with Gasteiger partial charge in [-0.2, -0.15) is 5.10 Å². The molecule has 2 atom stereocenters. The predicted molar refractivity (Wildman–Crippen MR) is 118 cm³/mol. The van der Waals surface area contributed by atoms with E-state index >= 15 is 0 Å². The quantitative estimate of drug-likeness (QED) is 0.661. The molecule has 0 radical (unpaired) electrons. The van der Waals surface area contributed by atoms with Crippen molar-refractivity contribution in [3.05, 3.63) is 41.7 Å². The Morgan fingerprint density at radius 2 is 2.13 bits per heavy atom. The van der Waals surface area contributed by atoms with Gasteiger partial charge in [-0.05, 0) is 32.8 Å². The van der Waals surface area contributed by atoms with Gasteiger partial charge in [0.1, 0.15) is 6.33 Å². The van der Waals surface area contributed by atoms with Crippen LogP contribution >= 0.6 is 0 Å². The van der Waals surface area contributed by atoms with Crippen LogP contribution in [0.2, 0.25) is 0 Å². The van der Waals surface area contributed by atoms with Crippen molar-refractivity contribution in [3.63, 3.8) is 0 Å². The van der Waals surface area contributed by atoms with Gasteiger partial charge in [-0.3, -0.25) is 5.10 Å². The zero-order chi connectivity index (χ0) is 21.6. The molecule has 3 aromatic rings. The van der Waals surface area contributed by atoms with E-state index < -0.39 is 10.0 Å². The summed E-state index contributed by atoms with van der Waals surface area (Å²) < 4.78 is 26.6. The summed E-state index contributed by atoms with van der Waals surface area (Å²) in [5.74, 6) is 0.226. The smallest absolute Gasteiger partial charge is 0.213 e. The van der Waals surface area contributed by atoms with Crippen molar-refractivity contribution < 1.29 is 8.42 Å². The van der Waals surface area contributed by atoms with Crippen LogP contribution < -0.4 is 4.90 Å². The van der Waals surface area contributed by atoms with Gasteiger partial charge in [0.05, 0.1) is 34.4 Å². The lowest BCUT2D eigenvalue weighted by atomic mass is 9.88. The van der Waals surface area contributed by atoms with Gasteiger partial charge < -0.3 is 4.90 Å². The number of aromatic nitrogens is 5. The topological polar surface area (TPSA) is 108 Å². The molecular weight excluding hydrogens is 414 g/mol. The summed E-state index contributed by atoms with van der Waals surface area (Å²) in [5.41, 5.74) is 5.06. The molecule has 9 nitrogen and oxygen atoms in total. The van der Waals surface area contributed by atoms with Crippen molar-refractivity contribution in [1.29, 1.82) is 0 Å². The fourth-order valence-corrected chi connectivity index (χ4v) is 6.07. The maximum atomic E-state index is 12.5. The number of rotatable bonds is 4. The van der Waals surface area contributed by atoms with Gasteiger partial charge in [0, 0.05) is 49.8 Å². The number of hydrogen-bond donors (Lipinski definition) is 1. The first-order valence-corrected chi connectivity index (χ1v) is 12.4. The molecule has 0 aromatic carbocycles. The number of nitrogens with zero attached hydrogens (tertiary/aromatic N) is 6. The highest BCUT2D eigenvalue weighted by Gasteiger charge is 2.34. The standard InChI is InChI=1S/C21H27N7O2S/c1-3-31(29,30)27-8-4-5-15(11-27)20-17-12-28(14(2)9-18(17)23-13-24-20)19-6-7-22-21-16(19)10-25-26-21/h6-7,10,13-15H,3-5,8-9,11-12H2,1-2H3,(H,22,25,26)/t14-,15?/m1/s1. The molecule has 2 aliphatic rings. The maximum absolute atomic E-state index is 12.5. The number of piperidine rings is 1. The predicted octanol–water partition coefficient (Wildman–Crippen LogP) is 2.23. The van der Waals surface area contributed by atoms with Crippen LogP contribution in [0.25, 0.3) is 11.0 Å². The summed E-state index contributed by atoms with van der Waals surface area (Å²) in [6.45, 7) is 5.69. The minimum atomic E-state index is -3.20. The van der Waals surface area contributed by atoms with Gasteiger partial charge in [0.25, 0.3) is 0 Å². The summed E-state index contributed by atoms with van der Waals surface area (Å²) >= 11 is 0. The van der Waals surface area contributed by atoms with Crippen LogP contribution in [-0.4, -0.2) is 62.8 Å². The van der Waals surface area contributed by atoms with Gasteiger partial charge in [-0.15, -0.1) is 0 Å². The molecular formula is C21H27N7O2S. The molecule has 1 unspecified atom stereocenters. The van der Waals surface area contributed by atoms with Gasteiger partial charge in [-0.25, -0.2) is 27.7 Å². The van der Waals surface area contributed by atoms with Gasteiger partial charge in [-0.1, -0.05) is 0 Å². The van der Waals surface area contributed by atoms with Crippen molar-refractivity contribution in [2.24, 2.45) is 0 Å². The van der Waals surface area contributed by atoms with Crippen LogP contribution in [-0.2, 0) is 23.0 Å². The number of fused-ring (bicyclic) bond motifs is 2. The minimum absolute atomic E-state index is 0.0912. The Kier molecular flexibility index (Phi) is 5.13. The Hall–Kier alpha value is -2.59. The third-order valence-electron chi connectivity index (χ3n) is 6.59. The number of nitrogens with one attached hydrogen (secondary N) is 1. The summed E-state index contributed by atoms with van der Waals surface area (Å²) in [7, 11) is -3.20. The number of H-pyrrole nitrogens is 1. The van der Waals surface area contributed by atoms with Crippen LogP contribution in [0.3, 0.4) is 0 Å². The Labute approximate surface area is 182 Å². The van der Waals surface area contributed by atoms with E-state index in [2.05, 4.69) is 37.0 Å². The molecule has 0 amide bonds. The molecule has 164 valence electrons. The second-order valence-electron chi connectivity index (χ2n) is 8.43. The van der Waals surface area contributed by atoms with E-state index in [9.17, 15) is 8.42 Å². The first kappa shape index (κ1) is 20.3. The molecule has 0 aliphatic carbocycles. The Bertz CT molecular complexity index is 1210. The largest absolute Gasteiger partial charge is 0.363 e. The molecule has 0 saturated carbocycles. The highest BCUT2D eigenvalue weighted by molar-refractivity contribution is 7.89. The first-order chi connectivity index (χ1) is 15.0. The lowest BCUT2D eigenvalue weighted by Gasteiger charge is -2.38. The third kappa shape index (κ3) is 3.57. The lowest BCUT2D eigenvalue weighted by molar-refractivity contribution is 0.311. The molecule has 3 aromatic heterocycles. The average Bonchev–Trinajstić information content (AvgIpc) is 3.27. The molecule has 5 heterocycles. The number of aromatic amines is 1. The molecule has 5 rings (SSSR count). The van der Waals surface area contributed by atoms with E-state index in [4.69, 9.17) is 0 Å². The first-order valence-electron chi connectivity index (χ1n) is 10.8. The Morgan fingerprint density at radius 3 is 2.97 bits per heavy atom. The minimum Gasteiger partial charge on any atom is -0.363 e. The second-order valence-corrected chi connectivity index (χ2v) is 10.7. The molecule has 2 aliphatic heterocycles. The average molecular weight is 442 g/mol. The Balaban J connectivity index is 1.50. The molecule has 1 N–H and O–H groups in total. The second kappa shape index (κ2) is 7.83. The highest BCUT2D eigenvalue weighted by Crippen LogP contribution is 2.36. The normalized spacial score (nSPS) is 22.6. The number of anilines is 1. The van der Waals surface area contributed by atoms with E-state index in [0.717, 1.165) is 52.9 Å². The van der Waals surface area contributed by atoms with Crippen molar-refractivity contribution in [3.8, 4) is 0 Å². The summed E-state index contributed by atoms with van der Waals surface area (Å²) in [5, 5.41) is 8.10. The molecule has 0 bridgehead atoms. The van der Waals surface area contributed by atoms with Crippen LogP contribution in [0.5, 0.6) is 0 Å². The molecule has 10 heteroatoms. The lowest BCUT2D eigenvalue weighted by Crippen LogP contribution is -2.42. The van der Waals surface area contributed by atoms with E-state index in [1.807, 2.05) is 12.3 Å². The van der Waals surface area contributed by atoms with Gasteiger partial charge >= 0.3 is 0 Å². The van der Waals surface area contributed by atoms with Crippen LogP contribution in [0.15, 0.2) is 24.8 Å². The maximum Gasteiger partial charge on any atom is 0.213 e. The Morgan fingerprint density at radius 1 is 1.26 bits per heavy atom. The zero-order valence-corrected chi connectivity index (χ0v) is 18.6. The molecule has 1 saturated heterocycles. The van der Waals surface area contributed by atoms with Crippen molar-refractivity contribution in [1.82, 2.24) is 29.5 Å². The molecule has 1 fully saturated rings. The third-order valence-corrected chi connectivity index (χ3v) is 8.43. The van der Waals surface area contributed by atoms with Crippen LogP contribution in [0.1, 0.15) is 49.6 Å². The van der Waals surface area contributed by atoms with Gasteiger partial charge in [0.15, 0.2) is 5.65 Å². The number of hydrogen-bond acceptors (Lipinski definition) is 7. The van der Waals surface area contributed by atoms with Crippen LogP contribution in [0.4, 0.5) is 5.69 Å². The van der Waals surface area contributed by atoms with Crippen molar-refractivity contribution in [2.45, 2.75) is 51.6 Å². The molecule has 0 spiro atoms. The van der Waals surface area contributed by atoms with E-state index in [-0.39, 0.29) is 17.7 Å². The summed E-state index contributed by atoms with van der Waals surface area (Å²) in [6, 6.07) is 2.29. The summed E-state index contributed by atoms with van der Waals surface area (Å²) in [6.07, 6.45) is 7.87. The zero-order valence-electron chi connectivity index (χ0n) is 17.8. The number of sulfonamides is 1. The van der Waals surface area contributed by atoms with Crippen LogP contribution in [0, 0.1) is 0 Å². The molecule has 31 heavy (non-hydrogen) atoms. The van der Waals surface area contributed by atoms with Gasteiger partial charge in [0.2, 0.25) is 10.0 Å². The van der Waals surface area contributed by atoms with Crippen molar-refractivity contribution >= 4 is 26.7 Å².